The van der Waals surface area contributed by atoms with Crippen molar-refractivity contribution in [2.75, 3.05) is 0 Å². The third kappa shape index (κ3) is 3.47. The van der Waals surface area contributed by atoms with Crippen LogP contribution in [-0.2, 0) is 9.59 Å². The number of hydrogen-bond donors (Lipinski definition) is 0. The number of Topliss-reactive ketones (excluding diaryl/α,β-unsaturated/α-hetero) is 1. The number of hydrogen-bond acceptors (Lipinski definition) is 5. The number of nitriles is 1. The summed E-state index contributed by atoms with van der Waals surface area (Å²) in [6.07, 6.45) is 13.2. The number of imidazole rings is 1. The fourth-order valence-corrected chi connectivity index (χ4v) is 10.8. The molecule has 1 aromatic heterocycles. The first kappa shape index (κ1) is 28.3. The van der Waals surface area contributed by atoms with Gasteiger partial charge in [-0.1, -0.05) is 60.1 Å². The Kier molecular flexibility index (Phi) is 5.80. The summed E-state index contributed by atoms with van der Waals surface area (Å²) in [6.45, 7) is 17.2. The predicted octanol–water partition coefficient (Wildman–Crippen LogP) is 7.05. The molecule has 0 saturated heterocycles. The number of fused-ring (bicyclic) bond motifs is 7. The van der Waals surface area contributed by atoms with Crippen LogP contribution in [0, 0.1) is 68.5 Å². The van der Waals surface area contributed by atoms with Gasteiger partial charge in [-0.05, 0) is 86.0 Å². The standard InChI is InChI=1S/C35H45N3O3/c1-21-19-38(20-37-21)29(41)35-13-11-30(2,3)17-23(35)27-24(39)15-26-32(6)16-22(18-36)28(40)31(4,5)25(32)9-10-33(26,7)34(27,8)12-14-35/h15-16,19-20,23,25,27H,9-14,17H2,1-8H3/t23?,25?,27?,32-,33+,34+,35-/m0/s1. The zero-order valence-electron chi connectivity index (χ0n) is 26.1. The van der Waals surface area contributed by atoms with Gasteiger partial charge in [-0.15, -0.1) is 0 Å². The van der Waals surface area contributed by atoms with Gasteiger partial charge in [0, 0.05) is 22.9 Å². The summed E-state index contributed by atoms with van der Waals surface area (Å²) in [4.78, 5) is 46.7. The second-order valence-electron chi connectivity index (χ2n) is 16.1. The Morgan fingerprint density at radius 2 is 1.71 bits per heavy atom. The maximum Gasteiger partial charge on any atom is 0.238 e. The Labute approximate surface area is 244 Å². The lowest BCUT2D eigenvalue weighted by molar-refractivity contribution is -0.164. The topological polar surface area (TPSA) is 92.8 Å². The SMILES string of the molecule is Cc1cn(C(=O)[C@]23CCC(C)(C)CC2C2C(=O)C=C4[C@@]5(C)C=C(C#N)C(=O)C(C)(C)C5CC[C@@]4(C)[C@]2(C)CC3)cn1. The largest absolute Gasteiger partial charge is 0.295 e. The van der Waals surface area contributed by atoms with E-state index in [4.69, 9.17) is 0 Å². The van der Waals surface area contributed by atoms with Gasteiger partial charge in [-0.2, -0.15) is 5.26 Å². The van der Waals surface area contributed by atoms with Crippen molar-refractivity contribution >= 4 is 17.5 Å². The highest BCUT2D eigenvalue weighted by atomic mass is 16.2. The van der Waals surface area contributed by atoms with Gasteiger partial charge in [0.25, 0.3) is 0 Å². The summed E-state index contributed by atoms with van der Waals surface area (Å²) in [5.74, 6) is -0.145. The Balaban J connectivity index is 1.52. The highest BCUT2D eigenvalue weighted by Gasteiger charge is 2.71. The van der Waals surface area contributed by atoms with E-state index in [-0.39, 0.29) is 57.0 Å². The molecule has 6 rings (SSSR count). The van der Waals surface area contributed by atoms with Crippen molar-refractivity contribution in [1.82, 2.24) is 9.55 Å². The fraction of sp³-hybridized carbons (Fsp3) is 0.686. The molecule has 5 aliphatic rings. The molecule has 3 saturated carbocycles. The molecule has 7 atom stereocenters. The first-order valence-electron chi connectivity index (χ1n) is 15.5. The van der Waals surface area contributed by atoms with E-state index in [1.807, 2.05) is 39.1 Å². The number of aryl methyl sites for hydroxylation is 1. The average Bonchev–Trinajstić information content (AvgIpc) is 3.33. The minimum atomic E-state index is -0.679. The van der Waals surface area contributed by atoms with Crippen LogP contribution in [0.25, 0.3) is 0 Å². The number of allylic oxidation sites excluding steroid dienone is 4. The van der Waals surface area contributed by atoms with Crippen molar-refractivity contribution in [2.24, 2.45) is 50.2 Å². The van der Waals surface area contributed by atoms with Gasteiger partial charge in [-0.25, -0.2) is 4.98 Å². The number of nitrogens with zero attached hydrogens (tertiary/aromatic N) is 3. The Morgan fingerprint density at radius 1 is 1.02 bits per heavy atom. The summed E-state index contributed by atoms with van der Waals surface area (Å²) >= 11 is 0. The summed E-state index contributed by atoms with van der Waals surface area (Å²) in [5, 5.41) is 9.94. The molecule has 0 aromatic carbocycles. The molecule has 41 heavy (non-hydrogen) atoms. The van der Waals surface area contributed by atoms with Gasteiger partial charge in [0.15, 0.2) is 11.6 Å². The van der Waals surface area contributed by atoms with Gasteiger partial charge in [0.05, 0.1) is 16.7 Å². The van der Waals surface area contributed by atoms with Crippen LogP contribution in [-0.4, -0.2) is 27.0 Å². The lowest BCUT2D eigenvalue weighted by Crippen LogP contribution is -2.66. The van der Waals surface area contributed by atoms with Gasteiger partial charge in [0.2, 0.25) is 5.91 Å². The van der Waals surface area contributed by atoms with E-state index in [1.54, 1.807) is 10.9 Å². The highest BCUT2D eigenvalue weighted by Crippen LogP contribution is 2.74. The Hall–Kier alpha value is -2.81. The van der Waals surface area contributed by atoms with E-state index in [0.717, 1.165) is 56.2 Å². The second kappa shape index (κ2) is 8.39. The molecule has 6 nitrogen and oxygen atoms in total. The van der Waals surface area contributed by atoms with Gasteiger partial charge < -0.3 is 0 Å². The van der Waals surface area contributed by atoms with E-state index >= 15 is 0 Å². The summed E-state index contributed by atoms with van der Waals surface area (Å²) < 4.78 is 1.68. The van der Waals surface area contributed by atoms with E-state index in [2.05, 4.69) is 45.7 Å². The molecule has 6 heteroatoms. The molecule has 5 aliphatic carbocycles. The predicted molar refractivity (Wildman–Crippen MR) is 156 cm³/mol. The highest BCUT2D eigenvalue weighted by molar-refractivity contribution is 6.04. The van der Waals surface area contributed by atoms with Crippen molar-refractivity contribution in [1.29, 1.82) is 5.26 Å². The van der Waals surface area contributed by atoms with Crippen LogP contribution in [0.4, 0.5) is 0 Å². The molecule has 3 fully saturated rings. The molecular weight excluding hydrogens is 510 g/mol. The van der Waals surface area contributed by atoms with Crippen molar-refractivity contribution in [2.45, 2.75) is 100 Å². The third-order valence-corrected chi connectivity index (χ3v) is 13.2. The van der Waals surface area contributed by atoms with E-state index in [1.165, 1.54) is 0 Å². The van der Waals surface area contributed by atoms with Crippen LogP contribution >= 0.6 is 0 Å². The van der Waals surface area contributed by atoms with Crippen molar-refractivity contribution in [3.05, 3.63) is 41.5 Å². The molecular formula is C35H45N3O3. The molecule has 1 heterocycles. The number of carbonyl (C=O) groups excluding carboxylic acids is 3. The number of rotatable bonds is 1. The lowest BCUT2D eigenvalue weighted by atomic mass is 9.34. The first-order chi connectivity index (χ1) is 19.0. The molecule has 0 N–H and O–H groups in total. The van der Waals surface area contributed by atoms with Crippen LogP contribution < -0.4 is 0 Å². The molecule has 0 spiro atoms. The molecule has 218 valence electrons. The first-order valence-corrected chi connectivity index (χ1v) is 15.5. The second-order valence-corrected chi connectivity index (χ2v) is 16.1. The van der Waals surface area contributed by atoms with Gasteiger partial charge >= 0.3 is 0 Å². The minimum absolute atomic E-state index is 0.0224. The van der Waals surface area contributed by atoms with Crippen molar-refractivity contribution in [3.8, 4) is 6.07 Å². The van der Waals surface area contributed by atoms with Crippen molar-refractivity contribution < 1.29 is 14.4 Å². The van der Waals surface area contributed by atoms with Crippen LogP contribution in [0.1, 0.15) is 104 Å². The molecule has 0 radical (unpaired) electrons. The normalized spacial score (nSPS) is 42.5. The maximum atomic E-state index is 14.6. The number of aromatic nitrogens is 2. The quantitative estimate of drug-likeness (QED) is 0.370. The number of carbonyl (C=O) groups is 3. The van der Waals surface area contributed by atoms with Gasteiger partial charge in [-0.3, -0.25) is 19.0 Å². The summed E-state index contributed by atoms with van der Waals surface area (Å²) in [6, 6.07) is 2.19. The van der Waals surface area contributed by atoms with Crippen LogP contribution in [0.15, 0.2) is 35.8 Å². The van der Waals surface area contributed by atoms with E-state index < -0.39 is 16.2 Å². The van der Waals surface area contributed by atoms with Gasteiger partial charge in [0.1, 0.15) is 12.4 Å². The Morgan fingerprint density at radius 3 is 2.34 bits per heavy atom. The molecule has 1 aromatic rings. The number of ketones is 2. The maximum absolute atomic E-state index is 14.6. The minimum Gasteiger partial charge on any atom is -0.295 e. The zero-order chi connectivity index (χ0) is 30.0. The fourth-order valence-electron chi connectivity index (χ4n) is 10.8. The summed E-state index contributed by atoms with van der Waals surface area (Å²) in [5.41, 5.74) is -0.253. The van der Waals surface area contributed by atoms with Crippen molar-refractivity contribution in [3.63, 3.8) is 0 Å². The van der Waals surface area contributed by atoms with E-state index in [0.29, 0.717) is 0 Å². The zero-order valence-corrected chi connectivity index (χ0v) is 26.1. The van der Waals surface area contributed by atoms with E-state index in [9.17, 15) is 19.6 Å². The third-order valence-electron chi connectivity index (χ3n) is 13.2. The smallest absolute Gasteiger partial charge is 0.238 e. The average molecular weight is 556 g/mol. The molecule has 3 unspecified atom stereocenters. The monoisotopic (exact) mass is 555 g/mol. The molecule has 0 bridgehead atoms. The Bertz CT molecular complexity index is 1490. The van der Waals surface area contributed by atoms with Crippen LogP contribution in [0.3, 0.4) is 0 Å². The van der Waals surface area contributed by atoms with Crippen LogP contribution in [0.2, 0.25) is 0 Å². The molecule has 0 amide bonds. The van der Waals surface area contributed by atoms with Crippen LogP contribution in [0.5, 0.6) is 0 Å². The summed E-state index contributed by atoms with van der Waals surface area (Å²) in [7, 11) is 0. The lowest BCUT2D eigenvalue weighted by Gasteiger charge is -2.69. The molecule has 0 aliphatic heterocycles.